The smallest absolute Gasteiger partial charge is 0.309 e. The number of benzene rings is 5. The summed E-state index contributed by atoms with van der Waals surface area (Å²) in [6.45, 7) is 0. The van der Waals surface area contributed by atoms with Crippen LogP contribution in [-0.2, 0) is 6.18 Å². The predicted molar refractivity (Wildman–Crippen MR) is 173 cm³/mol. The van der Waals surface area contributed by atoms with E-state index in [1.54, 1.807) is 36.7 Å². The number of rotatable bonds is 3. The molecule has 0 N–H and O–H groups in total. The van der Waals surface area contributed by atoms with Crippen LogP contribution >= 0.6 is 0 Å². The maximum absolute atomic E-state index is 14.3. The monoisotopic (exact) mass is 603 g/mol. The number of alkyl halides is 3. The lowest BCUT2D eigenvalue weighted by Crippen LogP contribution is -2.08. The highest BCUT2D eigenvalue weighted by Crippen LogP contribution is 2.42. The van der Waals surface area contributed by atoms with E-state index < -0.39 is 11.7 Å². The van der Waals surface area contributed by atoms with Gasteiger partial charge >= 0.3 is 6.18 Å². The summed E-state index contributed by atoms with van der Waals surface area (Å²) in [5.74, 6) is 0. The number of aromatic nitrogens is 3. The summed E-state index contributed by atoms with van der Waals surface area (Å²) >= 11 is 0. The minimum absolute atomic E-state index is 0.338. The lowest BCUT2D eigenvalue weighted by atomic mass is 9.99. The van der Waals surface area contributed by atoms with E-state index in [0.29, 0.717) is 33.6 Å². The summed E-state index contributed by atoms with van der Waals surface area (Å²) in [6.07, 6.45) is -1.36. The number of nitrogens with zero attached hydrogens (tertiary/aromatic N) is 5. The normalized spacial score (nSPS) is 11.8. The van der Waals surface area contributed by atoms with E-state index >= 15 is 0 Å². The molecule has 0 spiro atoms. The fourth-order valence-electron chi connectivity index (χ4n) is 6.52. The van der Waals surface area contributed by atoms with Crippen LogP contribution in [0.3, 0.4) is 0 Å². The van der Waals surface area contributed by atoms with E-state index in [2.05, 4.69) is 17.1 Å². The van der Waals surface area contributed by atoms with Crippen molar-refractivity contribution in [1.82, 2.24) is 14.1 Å². The second-order valence-corrected chi connectivity index (χ2v) is 11.0. The van der Waals surface area contributed by atoms with Crippen LogP contribution in [0, 0.1) is 22.7 Å². The molecule has 8 heteroatoms. The average molecular weight is 604 g/mol. The molecule has 0 bridgehead atoms. The molecule has 0 saturated heterocycles. The summed E-state index contributed by atoms with van der Waals surface area (Å²) in [6, 6.07) is 36.2. The molecular weight excluding hydrogens is 583 g/mol. The van der Waals surface area contributed by atoms with Crippen LogP contribution in [0.4, 0.5) is 13.2 Å². The van der Waals surface area contributed by atoms with Gasteiger partial charge in [0.15, 0.2) is 0 Å². The van der Waals surface area contributed by atoms with Gasteiger partial charge in [-0.2, -0.15) is 23.7 Å². The molecule has 8 rings (SSSR count). The molecule has 218 valence electrons. The number of hydrogen-bond donors (Lipinski definition) is 0. The van der Waals surface area contributed by atoms with Crippen molar-refractivity contribution >= 4 is 43.6 Å². The molecule has 0 radical (unpaired) electrons. The Hall–Kier alpha value is -6.38. The molecular formula is C38H20F3N5. The molecule has 0 unspecified atom stereocenters. The van der Waals surface area contributed by atoms with Crippen LogP contribution in [0.25, 0.3) is 66.1 Å². The van der Waals surface area contributed by atoms with Crippen LogP contribution in [0.1, 0.15) is 16.7 Å². The van der Waals surface area contributed by atoms with E-state index in [9.17, 15) is 23.7 Å². The van der Waals surface area contributed by atoms with E-state index in [1.165, 1.54) is 12.1 Å². The first kappa shape index (κ1) is 27.2. The molecule has 5 aromatic carbocycles. The quantitative estimate of drug-likeness (QED) is 0.202. The third-order valence-electron chi connectivity index (χ3n) is 8.50. The van der Waals surface area contributed by atoms with E-state index in [4.69, 9.17) is 0 Å². The maximum Gasteiger partial charge on any atom is 0.416 e. The highest BCUT2D eigenvalue weighted by Gasteiger charge is 2.32. The first-order chi connectivity index (χ1) is 22.4. The lowest BCUT2D eigenvalue weighted by molar-refractivity contribution is -0.137. The molecule has 3 aromatic heterocycles. The summed E-state index contributed by atoms with van der Waals surface area (Å²) < 4.78 is 46.9. The van der Waals surface area contributed by atoms with Crippen molar-refractivity contribution in [2.24, 2.45) is 0 Å². The van der Waals surface area contributed by atoms with Crippen molar-refractivity contribution in [3.63, 3.8) is 0 Å². The Kier molecular flexibility index (Phi) is 5.96. The average Bonchev–Trinajstić information content (AvgIpc) is 3.59. The van der Waals surface area contributed by atoms with Crippen molar-refractivity contribution in [2.75, 3.05) is 0 Å². The Morgan fingerprint density at radius 2 is 1.07 bits per heavy atom. The van der Waals surface area contributed by atoms with Crippen LogP contribution < -0.4 is 0 Å². The number of fused-ring (bicyclic) bond motifs is 6. The molecule has 0 atom stereocenters. The molecule has 0 amide bonds. The molecule has 0 fully saturated rings. The summed E-state index contributed by atoms with van der Waals surface area (Å²) in [5, 5.41) is 22.7. The van der Waals surface area contributed by atoms with E-state index in [-0.39, 0.29) is 0 Å². The van der Waals surface area contributed by atoms with Gasteiger partial charge in [-0.15, -0.1) is 0 Å². The Morgan fingerprint density at radius 3 is 1.61 bits per heavy atom. The van der Waals surface area contributed by atoms with E-state index in [0.717, 1.165) is 49.7 Å². The number of halogens is 3. The van der Waals surface area contributed by atoms with Crippen molar-refractivity contribution in [3.8, 4) is 34.6 Å². The number of nitriles is 2. The van der Waals surface area contributed by atoms with Gasteiger partial charge in [0.25, 0.3) is 0 Å². The van der Waals surface area contributed by atoms with Gasteiger partial charge in [0.1, 0.15) is 0 Å². The van der Waals surface area contributed by atoms with Gasteiger partial charge in [-0.25, -0.2) is 0 Å². The minimum Gasteiger partial charge on any atom is -0.309 e. The lowest BCUT2D eigenvalue weighted by Gasteiger charge is -2.19. The SMILES string of the molecule is N#Cc1ccc2c(c1)c1ccccc1n2-c1ccncc1-c1cc(C(F)(F)F)ccc1-n1c2ccccc2c2cc(C#N)ccc21. The Morgan fingerprint density at radius 1 is 0.543 bits per heavy atom. The molecule has 0 saturated carbocycles. The molecule has 0 aliphatic carbocycles. The van der Waals surface area contributed by atoms with Gasteiger partial charge in [0, 0.05) is 45.1 Å². The first-order valence-electron chi connectivity index (χ1n) is 14.4. The molecule has 46 heavy (non-hydrogen) atoms. The van der Waals surface area contributed by atoms with Crippen molar-refractivity contribution < 1.29 is 13.2 Å². The van der Waals surface area contributed by atoms with Gasteiger partial charge in [-0.1, -0.05) is 36.4 Å². The number of para-hydroxylation sites is 2. The van der Waals surface area contributed by atoms with Crippen LogP contribution in [-0.4, -0.2) is 14.1 Å². The van der Waals surface area contributed by atoms with E-state index in [1.807, 2.05) is 75.9 Å². The van der Waals surface area contributed by atoms with Crippen molar-refractivity contribution in [3.05, 3.63) is 138 Å². The molecule has 0 aliphatic heterocycles. The minimum atomic E-state index is -4.58. The zero-order chi connectivity index (χ0) is 31.6. The molecule has 5 nitrogen and oxygen atoms in total. The van der Waals surface area contributed by atoms with Crippen LogP contribution in [0.15, 0.2) is 122 Å². The van der Waals surface area contributed by atoms with Gasteiger partial charge in [0.2, 0.25) is 0 Å². The Balaban J connectivity index is 1.49. The fraction of sp³-hybridized carbons (Fsp3) is 0.0263. The third-order valence-corrected chi connectivity index (χ3v) is 8.50. The van der Waals surface area contributed by atoms with Crippen LogP contribution in [0.2, 0.25) is 0 Å². The summed E-state index contributed by atoms with van der Waals surface area (Å²) in [7, 11) is 0. The van der Waals surface area contributed by atoms with Crippen LogP contribution in [0.5, 0.6) is 0 Å². The second-order valence-electron chi connectivity index (χ2n) is 11.0. The maximum atomic E-state index is 14.3. The zero-order valence-corrected chi connectivity index (χ0v) is 23.9. The first-order valence-corrected chi connectivity index (χ1v) is 14.4. The highest BCUT2D eigenvalue weighted by atomic mass is 19.4. The number of pyridine rings is 1. The third kappa shape index (κ3) is 4.05. The number of hydrogen-bond acceptors (Lipinski definition) is 3. The molecule has 3 heterocycles. The summed E-state index contributed by atoms with van der Waals surface area (Å²) in [4.78, 5) is 4.40. The highest BCUT2D eigenvalue weighted by molar-refractivity contribution is 6.11. The van der Waals surface area contributed by atoms with Crippen molar-refractivity contribution in [2.45, 2.75) is 6.18 Å². The molecule has 8 aromatic rings. The summed E-state index contributed by atoms with van der Waals surface area (Å²) in [5.41, 5.74) is 5.42. The fourth-order valence-corrected chi connectivity index (χ4v) is 6.52. The zero-order valence-electron chi connectivity index (χ0n) is 23.9. The Bertz CT molecular complexity index is 2610. The molecule has 0 aliphatic rings. The standard InChI is InChI=1S/C38H20F3N5/c39-38(40,41)25-11-14-36(45-32-7-3-1-5-26(32)28-17-23(20-42)9-12-34(28)45)30(19-25)31-22-44-16-15-37(31)46-33-8-4-2-6-27(33)29-18-24(21-43)10-13-35(29)46/h1-19,22H. The van der Waals surface area contributed by atoms with Gasteiger partial charge < -0.3 is 9.13 Å². The Labute approximate surface area is 260 Å². The second kappa shape index (κ2) is 10.1. The van der Waals surface area contributed by atoms with Gasteiger partial charge in [0.05, 0.1) is 62.3 Å². The van der Waals surface area contributed by atoms with Gasteiger partial charge in [-0.3, -0.25) is 4.98 Å². The van der Waals surface area contributed by atoms with Gasteiger partial charge in [-0.05, 0) is 72.8 Å². The predicted octanol–water partition coefficient (Wildman–Crippen LogP) is 9.70. The topological polar surface area (TPSA) is 70.3 Å². The largest absolute Gasteiger partial charge is 0.416 e. The van der Waals surface area contributed by atoms with Crippen molar-refractivity contribution in [1.29, 1.82) is 10.5 Å².